The van der Waals surface area contributed by atoms with E-state index in [0.29, 0.717) is 23.6 Å². The predicted octanol–water partition coefficient (Wildman–Crippen LogP) is 3.39. The summed E-state index contributed by atoms with van der Waals surface area (Å²) in [7, 11) is 0. The van der Waals surface area contributed by atoms with Crippen molar-refractivity contribution in [3.63, 3.8) is 0 Å². The molecular formula is C17H26ClN3O4. The molecule has 1 fully saturated rings. The van der Waals surface area contributed by atoms with Crippen molar-refractivity contribution in [2.75, 3.05) is 18.0 Å². The van der Waals surface area contributed by atoms with Crippen LogP contribution in [-0.2, 0) is 9.53 Å². The lowest BCUT2D eigenvalue weighted by Gasteiger charge is -2.38. The Balaban J connectivity index is 0.000000381. The summed E-state index contributed by atoms with van der Waals surface area (Å²) in [6.07, 6.45) is 0. The second kappa shape index (κ2) is 9.01. The van der Waals surface area contributed by atoms with E-state index >= 15 is 0 Å². The Morgan fingerprint density at radius 2 is 1.88 bits per heavy atom. The van der Waals surface area contributed by atoms with Gasteiger partial charge in [-0.2, -0.15) is 0 Å². The summed E-state index contributed by atoms with van der Waals surface area (Å²) in [5.41, 5.74) is 0.573. The number of nitrogens with one attached hydrogen (secondary N) is 1. The van der Waals surface area contributed by atoms with Gasteiger partial charge in [-0.25, -0.2) is 0 Å². The molecule has 1 heterocycles. The number of non-ortho nitro benzene ring substituents is 1. The number of nitrogens with zero attached hydrogens (tertiary/aromatic N) is 2. The summed E-state index contributed by atoms with van der Waals surface area (Å²) in [5.74, 6) is 0. The van der Waals surface area contributed by atoms with Crippen LogP contribution in [0.4, 0.5) is 11.4 Å². The number of nitro groups is 1. The number of hydrogen-bond acceptors (Lipinski definition) is 6. The van der Waals surface area contributed by atoms with Gasteiger partial charge >= 0.3 is 0 Å². The van der Waals surface area contributed by atoms with Gasteiger partial charge in [0.05, 0.1) is 15.6 Å². The van der Waals surface area contributed by atoms with E-state index in [9.17, 15) is 14.9 Å². The molecule has 0 aromatic heterocycles. The third-order valence-corrected chi connectivity index (χ3v) is 3.74. The van der Waals surface area contributed by atoms with Crippen molar-refractivity contribution in [3.8, 4) is 0 Å². The normalized spacial score (nSPS) is 20.3. The van der Waals surface area contributed by atoms with Crippen molar-refractivity contribution in [3.05, 3.63) is 33.3 Å². The molecule has 1 aromatic rings. The highest BCUT2D eigenvalue weighted by molar-refractivity contribution is 6.33. The minimum atomic E-state index is -0.432. The Morgan fingerprint density at radius 3 is 2.24 bits per heavy atom. The molecule has 1 N–H and O–H groups in total. The van der Waals surface area contributed by atoms with Crippen LogP contribution in [0.2, 0.25) is 5.02 Å². The highest BCUT2D eigenvalue weighted by Gasteiger charge is 2.23. The number of rotatable bonds is 3. The van der Waals surface area contributed by atoms with Gasteiger partial charge in [0, 0.05) is 37.3 Å². The van der Waals surface area contributed by atoms with Crippen LogP contribution in [0.15, 0.2) is 18.2 Å². The maximum atomic E-state index is 10.7. The smallest absolute Gasteiger partial charge is 0.293 e. The van der Waals surface area contributed by atoms with E-state index in [1.165, 1.54) is 12.1 Å². The van der Waals surface area contributed by atoms with Crippen molar-refractivity contribution >= 4 is 29.4 Å². The van der Waals surface area contributed by atoms with Crippen LogP contribution in [0.1, 0.15) is 34.6 Å². The van der Waals surface area contributed by atoms with Crippen molar-refractivity contribution in [1.29, 1.82) is 0 Å². The van der Waals surface area contributed by atoms with E-state index in [1.54, 1.807) is 6.07 Å². The molecule has 1 aromatic carbocycles. The first-order valence-corrected chi connectivity index (χ1v) is 8.47. The van der Waals surface area contributed by atoms with Gasteiger partial charge in [0.2, 0.25) is 0 Å². The molecule has 7 nitrogen and oxygen atoms in total. The van der Waals surface area contributed by atoms with Crippen LogP contribution in [0.3, 0.4) is 0 Å². The maximum Gasteiger partial charge on any atom is 0.293 e. The SMILES string of the molecule is CC(C)(C)OC=O.C[C@@H]1CN(c2ccc([N+](=O)[O-])cc2Cl)C[C@H](C)N1. The average molecular weight is 372 g/mol. The van der Waals surface area contributed by atoms with E-state index in [0.717, 1.165) is 18.8 Å². The molecule has 0 spiro atoms. The van der Waals surface area contributed by atoms with E-state index in [1.807, 2.05) is 20.8 Å². The van der Waals surface area contributed by atoms with Crippen LogP contribution in [0.25, 0.3) is 0 Å². The molecule has 1 aliphatic rings. The fourth-order valence-electron chi connectivity index (χ4n) is 2.53. The predicted molar refractivity (Wildman–Crippen MR) is 99.3 cm³/mol. The highest BCUT2D eigenvalue weighted by Crippen LogP contribution is 2.30. The first-order chi connectivity index (χ1) is 11.5. The van der Waals surface area contributed by atoms with Gasteiger partial charge in [-0.1, -0.05) is 11.6 Å². The lowest BCUT2D eigenvalue weighted by atomic mass is 10.1. The number of nitro benzene ring substituents is 1. The number of benzene rings is 1. The summed E-state index contributed by atoms with van der Waals surface area (Å²) < 4.78 is 4.55. The molecule has 0 radical (unpaired) electrons. The third-order valence-electron chi connectivity index (χ3n) is 3.44. The minimum absolute atomic E-state index is 0.0278. The summed E-state index contributed by atoms with van der Waals surface area (Å²) in [6.45, 7) is 11.8. The quantitative estimate of drug-likeness (QED) is 0.498. The van der Waals surface area contributed by atoms with Crippen molar-refractivity contribution in [2.24, 2.45) is 0 Å². The fourth-order valence-corrected chi connectivity index (χ4v) is 2.83. The number of ether oxygens (including phenoxy) is 1. The molecule has 0 saturated carbocycles. The van der Waals surface area contributed by atoms with Gasteiger partial charge in [0.25, 0.3) is 12.2 Å². The average Bonchev–Trinajstić information content (AvgIpc) is 2.45. The molecule has 2 rings (SSSR count). The number of halogens is 1. The van der Waals surface area contributed by atoms with Crippen LogP contribution in [0.5, 0.6) is 0 Å². The Hall–Kier alpha value is -1.86. The first-order valence-electron chi connectivity index (χ1n) is 8.10. The molecule has 1 aliphatic heterocycles. The molecule has 0 bridgehead atoms. The van der Waals surface area contributed by atoms with Crippen molar-refractivity contribution in [1.82, 2.24) is 5.32 Å². The Morgan fingerprint density at radius 1 is 1.32 bits per heavy atom. The topological polar surface area (TPSA) is 84.7 Å². The summed E-state index contributed by atoms with van der Waals surface area (Å²) in [5, 5.41) is 14.5. The standard InChI is InChI=1S/C12H16ClN3O2.C5H10O2/c1-8-6-15(7-9(2)14-8)12-4-3-10(16(17)18)5-11(12)13;1-5(2,3)7-4-6/h3-5,8-9,14H,6-7H2,1-2H3;4H,1-3H3/t8-,9+;. The largest absolute Gasteiger partial charge is 0.462 e. The van der Waals surface area contributed by atoms with Crippen LogP contribution >= 0.6 is 11.6 Å². The molecule has 25 heavy (non-hydrogen) atoms. The highest BCUT2D eigenvalue weighted by atomic mass is 35.5. The van der Waals surface area contributed by atoms with Crippen LogP contribution in [-0.4, -0.2) is 42.2 Å². The molecule has 2 atom stereocenters. The Labute approximate surface area is 153 Å². The molecule has 140 valence electrons. The second-order valence-electron chi connectivity index (χ2n) is 7.09. The minimum Gasteiger partial charge on any atom is -0.462 e. The zero-order valence-electron chi connectivity index (χ0n) is 15.3. The maximum absolute atomic E-state index is 10.7. The monoisotopic (exact) mass is 371 g/mol. The number of carbonyl (C=O) groups is 1. The zero-order valence-corrected chi connectivity index (χ0v) is 16.0. The molecule has 8 heteroatoms. The van der Waals surface area contributed by atoms with Gasteiger partial charge in [-0.05, 0) is 40.7 Å². The fraction of sp³-hybridized carbons (Fsp3) is 0.588. The zero-order chi connectivity index (χ0) is 19.2. The first kappa shape index (κ1) is 21.2. The summed E-state index contributed by atoms with van der Waals surface area (Å²) in [6, 6.07) is 5.39. The summed E-state index contributed by atoms with van der Waals surface area (Å²) >= 11 is 6.14. The molecule has 0 aliphatic carbocycles. The van der Waals surface area contributed by atoms with Crippen LogP contribution < -0.4 is 10.2 Å². The van der Waals surface area contributed by atoms with Crippen LogP contribution in [0, 0.1) is 10.1 Å². The summed E-state index contributed by atoms with van der Waals surface area (Å²) in [4.78, 5) is 22.0. The molecule has 0 unspecified atom stereocenters. The number of piperazine rings is 1. The van der Waals surface area contributed by atoms with E-state index < -0.39 is 4.92 Å². The van der Waals surface area contributed by atoms with Crippen molar-refractivity contribution in [2.45, 2.75) is 52.3 Å². The van der Waals surface area contributed by atoms with Gasteiger partial charge in [-0.15, -0.1) is 0 Å². The van der Waals surface area contributed by atoms with E-state index in [4.69, 9.17) is 11.6 Å². The molecule has 1 saturated heterocycles. The number of anilines is 1. The van der Waals surface area contributed by atoms with Crippen molar-refractivity contribution < 1.29 is 14.5 Å². The van der Waals surface area contributed by atoms with Gasteiger partial charge in [0.15, 0.2) is 0 Å². The number of carbonyl (C=O) groups excluding carboxylic acids is 1. The Kier molecular flexibility index (Phi) is 7.63. The Bertz CT molecular complexity index is 594. The lowest BCUT2D eigenvalue weighted by molar-refractivity contribution is -0.384. The third kappa shape index (κ3) is 7.27. The molecular weight excluding hydrogens is 346 g/mol. The lowest BCUT2D eigenvalue weighted by Crippen LogP contribution is -2.54. The molecule has 0 amide bonds. The van der Waals surface area contributed by atoms with E-state index in [-0.39, 0.29) is 11.3 Å². The van der Waals surface area contributed by atoms with Gasteiger partial charge in [-0.3, -0.25) is 14.9 Å². The van der Waals surface area contributed by atoms with Gasteiger partial charge < -0.3 is 15.0 Å². The second-order valence-corrected chi connectivity index (χ2v) is 7.50. The number of hydrogen-bond donors (Lipinski definition) is 1. The van der Waals surface area contributed by atoms with Gasteiger partial charge in [0.1, 0.15) is 5.60 Å². The van der Waals surface area contributed by atoms with E-state index in [2.05, 4.69) is 28.8 Å².